The fourth-order valence-electron chi connectivity index (χ4n) is 4.32. The number of carbonyl (C=O) groups is 3. The summed E-state index contributed by atoms with van der Waals surface area (Å²) >= 11 is 0. The third-order valence-electron chi connectivity index (χ3n) is 6.00. The Bertz CT molecular complexity index is 960. The normalized spacial score (nSPS) is 14.7. The maximum Gasteiger partial charge on any atom is 0.408 e. The van der Waals surface area contributed by atoms with Crippen molar-refractivity contribution in [3.05, 3.63) is 41.5 Å². The number of esters is 1. The Hall–Kier alpha value is -2.87. The summed E-state index contributed by atoms with van der Waals surface area (Å²) in [6, 6.07) is 7.53. The molecule has 0 aliphatic carbocycles. The molecule has 0 unspecified atom stereocenters. The van der Waals surface area contributed by atoms with Gasteiger partial charge in [0, 0.05) is 5.92 Å². The highest BCUT2D eigenvalue weighted by atomic mass is 16.6. The maximum absolute atomic E-state index is 14.0. The SMILES string of the molecule is CCCCC[C@H](/C(=C/c1ccccc1)CO)[C@H](NC(=O)OC(C)(C)C)C(=O)N[C@@H](CC(C)C)C(=O)OC(C)(C)C. The van der Waals surface area contributed by atoms with Crippen molar-refractivity contribution in [2.75, 3.05) is 6.61 Å². The second-order valence-electron chi connectivity index (χ2n) is 12.7. The van der Waals surface area contributed by atoms with Crippen molar-refractivity contribution in [3.8, 4) is 0 Å². The molecule has 0 fully saturated rings. The van der Waals surface area contributed by atoms with Crippen molar-refractivity contribution >= 4 is 24.0 Å². The molecule has 1 rings (SSSR count). The Labute approximate surface area is 241 Å². The summed E-state index contributed by atoms with van der Waals surface area (Å²) in [5.74, 6) is -1.50. The third kappa shape index (κ3) is 14.0. The molecule has 226 valence electrons. The number of aliphatic hydroxyl groups excluding tert-OH is 1. The Balaban J connectivity index is 3.53. The average Bonchev–Trinajstić information content (AvgIpc) is 2.82. The minimum atomic E-state index is -1.09. The van der Waals surface area contributed by atoms with Crippen LogP contribution in [0.2, 0.25) is 0 Å². The number of nitrogens with one attached hydrogen (secondary N) is 2. The van der Waals surface area contributed by atoms with Crippen molar-refractivity contribution in [1.29, 1.82) is 0 Å². The first-order valence-electron chi connectivity index (χ1n) is 14.4. The molecule has 0 saturated carbocycles. The van der Waals surface area contributed by atoms with Gasteiger partial charge < -0.3 is 25.2 Å². The second-order valence-corrected chi connectivity index (χ2v) is 12.7. The lowest BCUT2D eigenvalue weighted by Gasteiger charge is -2.32. The summed E-state index contributed by atoms with van der Waals surface area (Å²) in [6.07, 6.45) is 4.70. The zero-order chi connectivity index (χ0) is 30.5. The van der Waals surface area contributed by atoms with E-state index in [1.807, 2.05) is 50.3 Å². The summed E-state index contributed by atoms with van der Waals surface area (Å²) < 4.78 is 11.1. The van der Waals surface area contributed by atoms with Gasteiger partial charge in [0.15, 0.2) is 0 Å². The van der Waals surface area contributed by atoms with Crippen LogP contribution in [0, 0.1) is 11.8 Å². The van der Waals surface area contributed by atoms with E-state index >= 15 is 0 Å². The van der Waals surface area contributed by atoms with Crippen molar-refractivity contribution in [3.63, 3.8) is 0 Å². The number of alkyl carbamates (subject to hydrolysis) is 1. The smallest absolute Gasteiger partial charge is 0.408 e. The summed E-state index contributed by atoms with van der Waals surface area (Å²) in [7, 11) is 0. The lowest BCUT2D eigenvalue weighted by atomic mass is 9.84. The number of aliphatic hydroxyl groups is 1. The number of ether oxygens (including phenoxy) is 2. The number of unbranched alkanes of at least 4 members (excludes halogenated alkanes) is 2. The molecule has 1 aromatic carbocycles. The summed E-state index contributed by atoms with van der Waals surface area (Å²) in [6.45, 7) is 16.3. The van der Waals surface area contributed by atoms with E-state index in [9.17, 15) is 19.5 Å². The molecule has 0 aliphatic rings. The Kier molecular flexibility index (Phi) is 14.4. The number of carbonyl (C=O) groups excluding carboxylic acids is 3. The first-order valence-corrected chi connectivity index (χ1v) is 14.4. The third-order valence-corrected chi connectivity index (χ3v) is 6.00. The van der Waals surface area contributed by atoms with Crippen molar-refractivity contribution in [1.82, 2.24) is 10.6 Å². The van der Waals surface area contributed by atoms with Crippen LogP contribution in [-0.4, -0.2) is 53.0 Å². The molecule has 8 nitrogen and oxygen atoms in total. The quantitative estimate of drug-likeness (QED) is 0.189. The molecule has 3 atom stereocenters. The van der Waals surface area contributed by atoms with Crippen LogP contribution in [0.1, 0.15) is 100.0 Å². The van der Waals surface area contributed by atoms with E-state index in [2.05, 4.69) is 17.6 Å². The maximum atomic E-state index is 14.0. The van der Waals surface area contributed by atoms with E-state index in [-0.39, 0.29) is 12.5 Å². The van der Waals surface area contributed by atoms with Gasteiger partial charge in [0.05, 0.1) is 6.61 Å². The number of hydrogen-bond donors (Lipinski definition) is 3. The molecule has 1 aromatic rings. The first kappa shape index (κ1) is 35.2. The molecule has 0 saturated heterocycles. The lowest BCUT2D eigenvalue weighted by molar-refractivity contribution is -0.159. The number of amides is 2. The van der Waals surface area contributed by atoms with Crippen LogP contribution in [-0.2, 0) is 19.1 Å². The zero-order valence-corrected chi connectivity index (χ0v) is 26.0. The molecule has 0 radical (unpaired) electrons. The van der Waals surface area contributed by atoms with Gasteiger partial charge >= 0.3 is 12.1 Å². The molecule has 2 amide bonds. The lowest BCUT2D eigenvalue weighted by Crippen LogP contribution is -2.56. The van der Waals surface area contributed by atoms with Crippen LogP contribution >= 0.6 is 0 Å². The van der Waals surface area contributed by atoms with Gasteiger partial charge in [-0.3, -0.25) is 4.79 Å². The van der Waals surface area contributed by atoms with Crippen LogP contribution in [0.25, 0.3) is 6.08 Å². The average molecular weight is 561 g/mol. The van der Waals surface area contributed by atoms with Gasteiger partial charge in [-0.1, -0.05) is 76.4 Å². The van der Waals surface area contributed by atoms with E-state index in [0.29, 0.717) is 18.4 Å². The van der Waals surface area contributed by atoms with E-state index in [1.54, 1.807) is 41.5 Å². The molecule has 40 heavy (non-hydrogen) atoms. The summed E-state index contributed by atoms with van der Waals surface area (Å²) in [5.41, 5.74) is -0.0265. The predicted molar refractivity (Wildman–Crippen MR) is 160 cm³/mol. The minimum Gasteiger partial charge on any atom is -0.458 e. The van der Waals surface area contributed by atoms with E-state index in [4.69, 9.17) is 9.47 Å². The number of rotatable bonds is 14. The van der Waals surface area contributed by atoms with Crippen molar-refractivity contribution in [2.45, 2.75) is 118 Å². The Morgan fingerprint density at radius 3 is 2.02 bits per heavy atom. The standard InChI is InChI=1S/C32H52N2O6/c1-10-11-13-18-25(24(21-35)20-23-16-14-12-15-17-23)27(34-30(38)40-32(7,8)9)28(36)33-26(19-22(2)3)29(37)39-31(4,5)6/h12,14-17,20,22,25-27,35H,10-11,13,18-19,21H2,1-9H3,(H,33,36)(H,34,38)/b24-20+/t25-,26+,27+/m1/s1. The summed E-state index contributed by atoms with van der Waals surface area (Å²) in [5, 5.41) is 16.1. The van der Waals surface area contributed by atoms with Crippen LogP contribution in [0.5, 0.6) is 0 Å². The Morgan fingerprint density at radius 2 is 1.52 bits per heavy atom. The van der Waals surface area contributed by atoms with E-state index < -0.39 is 47.2 Å². The minimum absolute atomic E-state index is 0.0985. The largest absolute Gasteiger partial charge is 0.458 e. The van der Waals surface area contributed by atoms with Gasteiger partial charge in [-0.15, -0.1) is 0 Å². The van der Waals surface area contributed by atoms with E-state index in [0.717, 1.165) is 24.8 Å². The molecule has 0 aromatic heterocycles. The molecule has 0 heterocycles. The summed E-state index contributed by atoms with van der Waals surface area (Å²) in [4.78, 5) is 40.0. The van der Waals surface area contributed by atoms with Gasteiger partial charge in [-0.25, -0.2) is 9.59 Å². The van der Waals surface area contributed by atoms with E-state index in [1.165, 1.54) is 0 Å². The van der Waals surface area contributed by atoms with Crippen LogP contribution in [0.4, 0.5) is 4.79 Å². The van der Waals surface area contributed by atoms with Gasteiger partial charge in [-0.05, 0) is 71.4 Å². The van der Waals surface area contributed by atoms with Crippen LogP contribution in [0.15, 0.2) is 35.9 Å². The molecular weight excluding hydrogens is 508 g/mol. The fraction of sp³-hybridized carbons (Fsp3) is 0.656. The molecule has 8 heteroatoms. The number of hydrogen-bond acceptors (Lipinski definition) is 6. The van der Waals surface area contributed by atoms with Gasteiger partial charge in [0.2, 0.25) is 5.91 Å². The van der Waals surface area contributed by atoms with Crippen molar-refractivity contribution < 1.29 is 29.0 Å². The highest BCUT2D eigenvalue weighted by Gasteiger charge is 2.36. The topological polar surface area (TPSA) is 114 Å². The predicted octanol–water partition coefficient (Wildman–Crippen LogP) is 6.02. The van der Waals surface area contributed by atoms with Crippen LogP contribution < -0.4 is 10.6 Å². The molecular formula is C32H52N2O6. The monoisotopic (exact) mass is 560 g/mol. The second kappa shape index (κ2) is 16.4. The molecule has 3 N–H and O–H groups in total. The Morgan fingerprint density at radius 1 is 0.925 bits per heavy atom. The first-order chi connectivity index (χ1) is 18.6. The molecule has 0 spiro atoms. The fourth-order valence-corrected chi connectivity index (χ4v) is 4.32. The highest BCUT2D eigenvalue weighted by molar-refractivity contribution is 5.90. The van der Waals surface area contributed by atoms with Crippen LogP contribution in [0.3, 0.4) is 0 Å². The van der Waals surface area contributed by atoms with Gasteiger partial charge in [0.1, 0.15) is 23.3 Å². The van der Waals surface area contributed by atoms with Crippen molar-refractivity contribution in [2.24, 2.45) is 11.8 Å². The highest BCUT2D eigenvalue weighted by Crippen LogP contribution is 2.26. The zero-order valence-electron chi connectivity index (χ0n) is 26.0. The molecule has 0 aliphatic heterocycles. The van der Waals surface area contributed by atoms with Gasteiger partial charge in [0.25, 0.3) is 0 Å². The number of benzene rings is 1. The van der Waals surface area contributed by atoms with Gasteiger partial charge in [-0.2, -0.15) is 0 Å². The molecule has 0 bridgehead atoms.